The van der Waals surface area contributed by atoms with E-state index in [1.165, 1.54) is 0 Å². The van der Waals surface area contributed by atoms with Crippen LogP contribution in [0.15, 0.2) is 48.5 Å². The molecular weight excluding hydrogens is 352 g/mol. The average molecular weight is 373 g/mol. The van der Waals surface area contributed by atoms with Gasteiger partial charge in [-0.15, -0.1) is 0 Å². The predicted molar refractivity (Wildman–Crippen MR) is 102 cm³/mol. The molecule has 0 bridgehead atoms. The minimum atomic E-state index is -0.370. The van der Waals surface area contributed by atoms with Crippen molar-refractivity contribution in [1.29, 1.82) is 0 Å². The molecular formula is C20H21ClN2O3. The number of rotatable bonds is 6. The van der Waals surface area contributed by atoms with E-state index < -0.39 is 0 Å². The van der Waals surface area contributed by atoms with Crippen molar-refractivity contribution in [1.82, 2.24) is 5.32 Å². The quantitative estimate of drug-likeness (QED) is 0.816. The van der Waals surface area contributed by atoms with Crippen LogP contribution in [0.5, 0.6) is 0 Å². The summed E-state index contributed by atoms with van der Waals surface area (Å²) in [7, 11) is 0. The third-order valence-electron chi connectivity index (χ3n) is 4.25. The van der Waals surface area contributed by atoms with Crippen LogP contribution >= 0.6 is 11.6 Å². The van der Waals surface area contributed by atoms with Crippen LogP contribution in [0, 0.1) is 0 Å². The average Bonchev–Trinajstić information content (AvgIpc) is 3.19. The van der Waals surface area contributed by atoms with Gasteiger partial charge in [0.15, 0.2) is 0 Å². The predicted octanol–water partition coefficient (Wildman–Crippen LogP) is 3.43. The van der Waals surface area contributed by atoms with E-state index in [2.05, 4.69) is 10.6 Å². The van der Waals surface area contributed by atoms with Crippen LogP contribution in [0.25, 0.3) is 0 Å². The molecule has 0 radical (unpaired) electrons. The molecule has 2 aromatic rings. The number of anilines is 1. The van der Waals surface area contributed by atoms with E-state index in [0.29, 0.717) is 29.4 Å². The fourth-order valence-electron chi connectivity index (χ4n) is 2.79. The molecule has 26 heavy (non-hydrogen) atoms. The summed E-state index contributed by atoms with van der Waals surface area (Å²) in [5.41, 5.74) is 2.32. The minimum Gasteiger partial charge on any atom is -0.368 e. The maximum atomic E-state index is 12.2. The van der Waals surface area contributed by atoms with Crippen molar-refractivity contribution in [2.24, 2.45) is 0 Å². The van der Waals surface area contributed by atoms with Crippen molar-refractivity contribution < 1.29 is 14.3 Å². The first-order chi connectivity index (χ1) is 12.6. The van der Waals surface area contributed by atoms with Gasteiger partial charge in [0.2, 0.25) is 0 Å². The molecule has 0 saturated carbocycles. The van der Waals surface area contributed by atoms with Crippen molar-refractivity contribution in [3.63, 3.8) is 0 Å². The lowest BCUT2D eigenvalue weighted by atomic mass is 10.1. The van der Waals surface area contributed by atoms with Gasteiger partial charge in [-0.25, -0.2) is 0 Å². The molecule has 2 N–H and O–H groups in total. The van der Waals surface area contributed by atoms with Gasteiger partial charge in [0.1, 0.15) is 6.10 Å². The number of hydrogen-bond acceptors (Lipinski definition) is 3. The summed E-state index contributed by atoms with van der Waals surface area (Å²) in [6, 6.07) is 14.4. The lowest BCUT2D eigenvalue weighted by molar-refractivity contribution is -0.124. The van der Waals surface area contributed by atoms with E-state index in [1.807, 2.05) is 24.3 Å². The van der Waals surface area contributed by atoms with E-state index in [1.54, 1.807) is 24.3 Å². The molecule has 1 unspecified atom stereocenters. The Morgan fingerprint density at radius 3 is 2.46 bits per heavy atom. The van der Waals surface area contributed by atoms with Gasteiger partial charge in [0.05, 0.1) is 0 Å². The summed E-state index contributed by atoms with van der Waals surface area (Å²) in [5, 5.41) is 6.40. The molecule has 0 aliphatic carbocycles. The molecule has 1 heterocycles. The Kier molecular flexibility index (Phi) is 6.26. The summed E-state index contributed by atoms with van der Waals surface area (Å²) >= 11 is 5.85. The highest BCUT2D eigenvalue weighted by molar-refractivity contribution is 6.30. The fraction of sp³-hybridized carbons (Fsp3) is 0.300. The van der Waals surface area contributed by atoms with E-state index in [-0.39, 0.29) is 17.9 Å². The van der Waals surface area contributed by atoms with Gasteiger partial charge in [-0.1, -0.05) is 23.7 Å². The van der Waals surface area contributed by atoms with Crippen molar-refractivity contribution in [3.8, 4) is 0 Å². The molecule has 1 saturated heterocycles. The zero-order valence-electron chi connectivity index (χ0n) is 14.3. The molecule has 1 atom stereocenters. The lowest BCUT2D eigenvalue weighted by Gasteiger charge is -2.11. The van der Waals surface area contributed by atoms with E-state index in [4.69, 9.17) is 16.3 Å². The fourth-order valence-corrected chi connectivity index (χ4v) is 2.91. The molecule has 1 aliphatic rings. The topological polar surface area (TPSA) is 67.4 Å². The molecule has 5 nitrogen and oxygen atoms in total. The van der Waals surface area contributed by atoms with Crippen molar-refractivity contribution in [2.45, 2.75) is 25.4 Å². The molecule has 2 amide bonds. The first kappa shape index (κ1) is 18.4. The Bertz CT molecular complexity index is 754. The molecule has 2 aromatic carbocycles. The molecule has 1 aliphatic heterocycles. The molecule has 136 valence electrons. The number of ether oxygens (including phenoxy) is 1. The second-order valence-electron chi connectivity index (χ2n) is 6.20. The van der Waals surface area contributed by atoms with Gasteiger partial charge < -0.3 is 15.4 Å². The second-order valence-corrected chi connectivity index (χ2v) is 6.64. The van der Waals surface area contributed by atoms with Crippen LogP contribution in [0.2, 0.25) is 5.02 Å². The summed E-state index contributed by atoms with van der Waals surface area (Å²) < 4.78 is 5.35. The molecule has 1 fully saturated rings. The second kappa shape index (κ2) is 8.83. The Labute approximate surface area is 157 Å². The largest absolute Gasteiger partial charge is 0.368 e. The first-order valence-electron chi connectivity index (χ1n) is 8.67. The van der Waals surface area contributed by atoms with Crippen molar-refractivity contribution in [3.05, 3.63) is 64.7 Å². The maximum absolute atomic E-state index is 12.2. The molecule has 0 aromatic heterocycles. The van der Waals surface area contributed by atoms with Gasteiger partial charge in [-0.2, -0.15) is 0 Å². The Morgan fingerprint density at radius 2 is 1.81 bits per heavy atom. The summed E-state index contributed by atoms with van der Waals surface area (Å²) in [6.07, 6.45) is 2.02. The summed E-state index contributed by atoms with van der Waals surface area (Å²) in [5.74, 6) is -0.279. The van der Waals surface area contributed by atoms with Crippen LogP contribution in [0.4, 0.5) is 5.69 Å². The Balaban J connectivity index is 1.47. The van der Waals surface area contributed by atoms with Gasteiger partial charge in [0.25, 0.3) is 11.8 Å². The number of hydrogen-bond donors (Lipinski definition) is 2. The maximum Gasteiger partial charge on any atom is 0.253 e. The standard InChI is InChI=1S/C20H21ClN2O3/c21-16-7-3-14(4-8-16)11-12-22-19(24)15-5-9-17(10-6-15)23-20(25)18-2-1-13-26-18/h3-10,18H,1-2,11-13H2,(H,22,24)(H,23,25). The zero-order valence-corrected chi connectivity index (χ0v) is 15.1. The van der Waals surface area contributed by atoms with Crippen LogP contribution < -0.4 is 10.6 Å². The van der Waals surface area contributed by atoms with Gasteiger partial charge >= 0.3 is 0 Å². The van der Waals surface area contributed by atoms with Crippen LogP contribution in [0.1, 0.15) is 28.8 Å². The smallest absolute Gasteiger partial charge is 0.253 e. The number of carbonyl (C=O) groups excluding carboxylic acids is 2. The summed E-state index contributed by atoms with van der Waals surface area (Å²) in [4.78, 5) is 24.2. The highest BCUT2D eigenvalue weighted by Crippen LogP contribution is 2.16. The number of benzene rings is 2. The number of carbonyl (C=O) groups is 2. The highest BCUT2D eigenvalue weighted by atomic mass is 35.5. The number of nitrogens with one attached hydrogen (secondary N) is 2. The van der Waals surface area contributed by atoms with Gasteiger partial charge in [0, 0.05) is 29.4 Å². The third-order valence-corrected chi connectivity index (χ3v) is 4.50. The number of amides is 2. The van der Waals surface area contributed by atoms with Gasteiger partial charge in [-0.05, 0) is 61.2 Å². The van der Waals surface area contributed by atoms with Crippen LogP contribution in [-0.2, 0) is 16.0 Å². The SMILES string of the molecule is O=C(NCCc1ccc(Cl)cc1)c1ccc(NC(=O)C2CCCO2)cc1. The first-order valence-corrected chi connectivity index (χ1v) is 9.05. The number of halogens is 1. The van der Waals surface area contributed by atoms with Crippen LogP contribution in [-0.4, -0.2) is 31.1 Å². The molecule has 6 heteroatoms. The lowest BCUT2D eigenvalue weighted by Crippen LogP contribution is -2.27. The van der Waals surface area contributed by atoms with E-state index in [9.17, 15) is 9.59 Å². The van der Waals surface area contributed by atoms with Crippen molar-refractivity contribution in [2.75, 3.05) is 18.5 Å². The third kappa shape index (κ3) is 5.07. The van der Waals surface area contributed by atoms with E-state index in [0.717, 1.165) is 24.8 Å². The highest BCUT2D eigenvalue weighted by Gasteiger charge is 2.23. The normalized spacial score (nSPS) is 16.3. The molecule has 3 rings (SSSR count). The van der Waals surface area contributed by atoms with Gasteiger partial charge in [-0.3, -0.25) is 9.59 Å². The molecule has 0 spiro atoms. The van der Waals surface area contributed by atoms with Crippen molar-refractivity contribution >= 4 is 29.1 Å². The van der Waals surface area contributed by atoms with E-state index >= 15 is 0 Å². The zero-order chi connectivity index (χ0) is 18.4. The summed E-state index contributed by atoms with van der Waals surface area (Å²) in [6.45, 7) is 1.17. The monoisotopic (exact) mass is 372 g/mol. The Morgan fingerprint density at radius 1 is 1.08 bits per heavy atom. The Hall–Kier alpha value is -2.37. The minimum absolute atomic E-state index is 0.136. The van der Waals surface area contributed by atoms with Crippen LogP contribution in [0.3, 0.4) is 0 Å².